The first-order chi connectivity index (χ1) is 10.3. The first kappa shape index (κ1) is 14.8. The van der Waals surface area contributed by atoms with Crippen molar-refractivity contribution >= 4 is 11.3 Å². The average molecular weight is 304 g/mol. The van der Waals surface area contributed by atoms with Crippen LogP contribution >= 0.6 is 11.3 Å². The van der Waals surface area contributed by atoms with Gasteiger partial charge in [-0.3, -0.25) is 9.58 Å². The predicted molar refractivity (Wildman–Crippen MR) is 88.5 cm³/mol. The van der Waals surface area contributed by atoms with Gasteiger partial charge < -0.3 is 5.32 Å². The minimum Gasteiger partial charge on any atom is -0.314 e. The number of rotatable bonds is 5. The van der Waals surface area contributed by atoms with E-state index in [1.807, 2.05) is 29.3 Å². The molecule has 3 heterocycles. The van der Waals surface area contributed by atoms with Crippen molar-refractivity contribution in [2.45, 2.75) is 32.4 Å². The second kappa shape index (κ2) is 6.73. The summed E-state index contributed by atoms with van der Waals surface area (Å²) < 4.78 is 1.86. The minimum atomic E-state index is 0.688. The van der Waals surface area contributed by atoms with Gasteiger partial charge in [0.15, 0.2) is 0 Å². The molecule has 5 heteroatoms. The molecule has 0 saturated carbocycles. The third-order valence-corrected chi connectivity index (χ3v) is 5.22. The zero-order valence-corrected chi connectivity index (χ0v) is 13.7. The van der Waals surface area contributed by atoms with E-state index >= 15 is 0 Å². The number of aryl methyl sites for hydroxylation is 1. The molecule has 114 valence electrons. The van der Waals surface area contributed by atoms with Gasteiger partial charge in [-0.05, 0) is 18.6 Å². The molecule has 21 heavy (non-hydrogen) atoms. The van der Waals surface area contributed by atoms with Gasteiger partial charge in [0.1, 0.15) is 0 Å². The molecule has 1 aliphatic rings. The summed E-state index contributed by atoms with van der Waals surface area (Å²) >= 11 is 1.90. The fourth-order valence-corrected chi connectivity index (χ4v) is 4.00. The summed E-state index contributed by atoms with van der Waals surface area (Å²) in [5, 5.41) is 7.78. The highest BCUT2D eigenvalue weighted by atomic mass is 32.1. The van der Waals surface area contributed by atoms with Crippen molar-refractivity contribution in [1.29, 1.82) is 0 Å². The topological polar surface area (TPSA) is 33.1 Å². The summed E-state index contributed by atoms with van der Waals surface area (Å²) in [7, 11) is 1.97. The smallest absolute Gasteiger partial charge is 0.0576 e. The molecule has 1 saturated heterocycles. The Kier molecular flexibility index (Phi) is 4.73. The molecule has 2 aromatic rings. The number of aromatic nitrogens is 2. The first-order valence-electron chi connectivity index (χ1n) is 7.78. The van der Waals surface area contributed by atoms with E-state index in [9.17, 15) is 0 Å². The van der Waals surface area contributed by atoms with Gasteiger partial charge in [0.2, 0.25) is 0 Å². The van der Waals surface area contributed by atoms with Crippen LogP contribution < -0.4 is 5.32 Å². The van der Waals surface area contributed by atoms with Crippen LogP contribution in [-0.4, -0.2) is 40.4 Å². The second-order valence-electron chi connectivity index (χ2n) is 5.79. The summed E-state index contributed by atoms with van der Waals surface area (Å²) in [4.78, 5) is 5.41. The summed E-state index contributed by atoms with van der Waals surface area (Å²) in [5.74, 6) is 0. The lowest BCUT2D eigenvalue weighted by molar-refractivity contribution is 0.145. The SMILES string of the molecule is CCCC1CNCCN1Cc1ccc(-c2cnn(C)c2)s1. The molecule has 0 aliphatic carbocycles. The van der Waals surface area contributed by atoms with Crippen molar-refractivity contribution in [3.8, 4) is 10.4 Å². The van der Waals surface area contributed by atoms with Crippen molar-refractivity contribution in [3.05, 3.63) is 29.4 Å². The Balaban J connectivity index is 1.68. The molecule has 0 spiro atoms. The van der Waals surface area contributed by atoms with Crippen molar-refractivity contribution in [2.75, 3.05) is 19.6 Å². The van der Waals surface area contributed by atoms with Crippen LogP contribution in [0, 0.1) is 0 Å². The van der Waals surface area contributed by atoms with E-state index in [2.05, 4.69) is 40.6 Å². The lowest BCUT2D eigenvalue weighted by Gasteiger charge is -2.35. The summed E-state index contributed by atoms with van der Waals surface area (Å²) in [6, 6.07) is 5.19. The van der Waals surface area contributed by atoms with E-state index < -0.39 is 0 Å². The Morgan fingerprint density at radius 1 is 1.43 bits per heavy atom. The monoisotopic (exact) mass is 304 g/mol. The molecule has 1 unspecified atom stereocenters. The highest BCUT2D eigenvalue weighted by Crippen LogP contribution is 2.29. The van der Waals surface area contributed by atoms with Crippen molar-refractivity contribution in [2.24, 2.45) is 7.05 Å². The van der Waals surface area contributed by atoms with E-state index in [1.165, 1.54) is 28.2 Å². The van der Waals surface area contributed by atoms with Crippen molar-refractivity contribution < 1.29 is 0 Å². The van der Waals surface area contributed by atoms with Gasteiger partial charge in [0.25, 0.3) is 0 Å². The van der Waals surface area contributed by atoms with Crippen LogP contribution in [-0.2, 0) is 13.6 Å². The van der Waals surface area contributed by atoms with Crippen LogP contribution in [0.25, 0.3) is 10.4 Å². The molecule has 0 bridgehead atoms. The molecule has 1 aliphatic heterocycles. The normalized spacial score (nSPS) is 20.0. The van der Waals surface area contributed by atoms with Gasteiger partial charge in [-0.1, -0.05) is 13.3 Å². The minimum absolute atomic E-state index is 0.688. The molecule has 4 nitrogen and oxygen atoms in total. The van der Waals surface area contributed by atoms with E-state index in [4.69, 9.17) is 0 Å². The lowest BCUT2D eigenvalue weighted by Crippen LogP contribution is -2.50. The highest BCUT2D eigenvalue weighted by Gasteiger charge is 2.21. The third kappa shape index (κ3) is 3.54. The maximum absolute atomic E-state index is 4.26. The maximum atomic E-state index is 4.26. The second-order valence-corrected chi connectivity index (χ2v) is 6.95. The van der Waals surface area contributed by atoms with E-state index in [1.54, 1.807) is 0 Å². The number of nitrogens with one attached hydrogen (secondary N) is 1. The lowest BCUT2D eigenvalue weighted by atomic mass is 10.1. The first-order valence-corrected chi connectivity index (χ1v) is 8.60. The van der Waals surface area contributed by atoms with Crippen molar-refractivity contribution in [1.82, 2.24) is 20.0 Å². The fourth-order valence-electron chi connectivity index (χ4n) is 3.00. The Morgan fingerprint density at radius 2 is 2.33 bits per heavy atom. The quantitative estimate of drug-likeness (QED) is 0.922. The largest absolute Gasteiger partial charge is 0.314 e. The van der Waals surface area contributed by atoms with Crippen LogP contribution in [0.1, 0.15) is 24.6 Å². The number of piperazine rings is 1. The summed E-state index contributed by atoms with van der Waals surface area (Å²) in [5.41, 5.74) is 1.22. The van der Waals surface area contributed by atoms with Gasteiger partial charge in [-0.2, -0.15) is 5.10 Å². The van der Waals surface area contributed by atoms with Gasteiger partial charge in [0, 0.05) is 60.8 Å². The summed E-state index contributed by atoms with van der Waals surface area (Å²) in [6.07, 6.45) is 6.57. The fraction of sp³-hybridized carbons (Fsp3) is 0.562. The van der Waals surface area contributed by atoms with E-state index in [0.717, 1.165) is 26.2 Å². The number of hydrogen-bond donors (Lipinski definition) is 1. The highest BCUT2D eigenvalue weighted by molar-refractivity contribution is 7.15. The molecule has 0 amide bonds. The zero-order valence-electron chi connectivity index (χ0n) is 12.9. The number of thiophene rings is 1. The van der Waals surface area contributed by atoms with Gasteiger partial charge in [-0.15, -0.1) is 11.3 Å². The molecule has 2 aromatic heterocycles. The van der Waals surface area contributed by atoms with Crippen molar-refractivity contribution in [3.63, 3.8) is 0 Å². The van der Waals surface area contributed by atoms with E-state index in [0.29, 0.717) is 6.04 Å². The van der Waals surface area contributed by atoms with Crippen LogP contribution in [0.15, 0.2) is 24.5 Å². The molecule has 3 rings (SSSR count). The van der Waals surface area contributed by atoms with Gasteiger partial charge in [-0.25, -0.2) is 0 Å². The zero-order chi connectivity index (χ0) is 14.7. The van der Waals surface area contributed by atoms with E-state index in [-0.39, 0.29) is 0 Å². The third-order valence-electron chi connectivity index (χ3n) is 4.10. The van der Waals surface area contributed by atoms with Gasteiger partial charge in [0.05, 0.1) is 6.20 Å². The average Bonchev–Trinajstić information content (AvgIpc) is 3.10. The molecule has 1 atom stereocenters. The maximum Gasteiger partial charge on any atom is 0.0576 e. The molecular formula is C16H24N4S. The number of hydrogen-bond acceptors (Lipinski definition) is 4. The Bertz CT molecular complexity index is 572. The Labute approximate surface area is 130 Å². The summed E-state index contributed by atoms with van der Waals surface area (Å²) in [6.45, 7) is 6.76. The Hall–Kier alpha value is -1.17. The van der Waals surface area contributed by atoms with Crippen LogP contribution in [0.3, 0.4) is 0 Å². The number of nitrogens with zero attached hydrogens (tertiary/aromatic N) is 3. The Morgan fingerprint density at radius 3 is 3.10 bits per heavy atom. The van der Waals surface area contributed by atoms with Crippen LogP contribution in [0.4, 0.5) is 0 Å². The molecule has 0 aromatic carbocycles. The van der Waals surface area contributed by atoms with Crippen LogP contribution in [0.2, 0.25) is 0 Å². The van der Waals surface area contributed by atoms with Gasteiger partial charge >= 0.3 is 0 Å². The molecule has 1 N–H and O–H groups in total. The predicted octanol–water partition coefficient (Wildman–Crippen LogP) is 2.72. The molecule has 0 radical (unpaired) electrons. The standard InChI is InChI=1S/C16H24N4S/c1-3-4-14-10-17-7-8-20(14)12-15-5-6-16(21-15)13-9-18-19(2)11-13/h5-6,9,11,14,17H,3-4,7-8,10,12H2,1-2H3. The molecular weight excluding hydrogens is 280 g/mol. The van der Waals surface area contributed by atoms with Crippen LogP contribution in [0.5, 0.6) is 0 Å². The molecule has 1 fully saturated rings.